The summed E-state index contributed by atoms with van der Waals surface area (Å²) in [6, 6.07) is -0.266. The van der Waals surface area contributed by atoms with E-state index < -0.39 is 0 Å². The average Bonchev–Trinajstić information content (AvgIpc) is 2.10. The molecule has 1 fully saturated rings. The van der Waals surface area contributed by atoms with Crippen molar-refractivity contribution in [3.05, 3.63) is 0 Å². The zero-order chi connectivity index (χ0) is 7.72. The molecule has 1 aliphatic rings. The molecule has 0 aliphatic carbocycles. The van der Waals surface area contributed by atoms with Gasteiger partial charge in [0, 0.05) is 11.8 Å². The summed E-state index contributed by atoms with van der Waals surface area (Å²) in [7, 11) is 0. The second kappa shape index (κ2) is 2.62. The van der Waals surface area contributed by atoms with Crippen molar-refractivity contribution in [3.63, 3.8) is 0 Å². The number of thioether (sulfide) groups is 1. The Bertz CT molecular complexity index is 179. The second-order valence-corrected chi connectivity index (χ2v) is 3.55. The van der Waals surface area contributed by atoms with E-state index in [1.807, 2.05) is 13.8 Å². The van der Waals surface area contributed by atoms with Gasteiger partial charge in [-0.05, 0) is 5.92 Å². The molecule has 1 saturated heterocycles. The molecule has 10 heavy (non-hydrogen) atoms. The van der Waals surface area contributed by atoms with Gasteiger partial charge in [-0.15, -0.1) is 0 Å². The van der Waals surface area contributed by atoms with E-state index in [0.29, 0.717) is 0 Å². The summed E-state index contributed by atoms with van der Waals surface area (Å²) < 4.78 is 0. The van der Waals surface area contributed by atoms with Crippen molar-refractivity contribution in [2.45, 2.75) is 19.9 Å². The van der Waals surface area contributed by atoms with Crippen LogP contribution in [-0.4, -0.2) is 16.4 Å². The van der Waals surface area contributed by atoms with E-state index in [1.54, 1.807) is 0 Å². The third-order valence-electron chi connectivity index (χ3n) is 1.39. The highest BCUT2D eigenvalue weighted by molar-refractivity contribution is 8.26. The molecule has 0 aromatic heterocycles. The van der Waals surface area contributed by atoms with Gasteiger partial charge in [-0.2, -0.15) is 0 Å². The van der Waals surface area contributed by atoms with Crippen LogP contribution in [0.25, 0.3) is 0 Å². The van der Waals surface area contributed by atoms with Crippen LogP contribution in [-0.2, 0) is 4.79 Å². The zero-order valence-electron chi connectivity index (χ0n) is 5.88. The van der Waals surface area contributed by atoms with Crippen LogP contribution in [0, 0.1) is 5.92 Å². The van der Waals surface area contributed by atoms with Gasteiger partial charge in [-0.25, -0.2) is 0 Å². The minimum absolute atomic E-state index is 0.0556. The summed E-state index contributed by atoms with van der Waals surface area (Å²) >= 11 is 0.768. The number of nitrogens with one attached hydrogen (secondary N) is 1. The molecule has 1 N–H and O–H groups in total. The van der Waals surface area contributed by atoms with Crippen LogP contribution >= 0.6 is 11.8 Å². The van der Waals surface area contributed by atoms with E-state index in [4.69, 9.17) is 0 Å². The summed E-state index contributed by atoms with van der Waals surface area (Å²) in [5, 5.41) is 2.30. The van der Waals surface area contributed by atoms with E-state index in [2.05, 4.69) is 5.32 Å². The molecule has 0 aromatic rings. The number of rotatable bonds is 1. The van der Waals surface area contributed by atoms with Gasteiger partial charge in [0.25, 0.3) is 5.24 Å². The highest BCUT2D eigenvalue weighted by Gasteiger charge is 2.33. The lowest BCUT2D eigenvalue weighted by Gasteiger charge is -2.09. The molecule has 0 spiro atoms. The molecule has 1 aliphatic heterocycles. The number of hydrogen-bond donors (Lipinski definition) is 1. The van der Waals surface area contributed by atoms with Crippen LogP contribution in [0.3, 0.4) is 0 Å². The Labute approximate surface area is 63.6 Å². The van der Waals surface area contributed by atoms with Gasteiger partial charge in [-0.3, -0.25) is 9.59 Å². The molecule has 4 heteroatoms. The number of amides is 1. The first-order valence-electron chi connectivity index (χ1n) is 3.13. The normalized spacial score (nSPS) is 25.7. The maximum atomic E-state index is 10.9. The van der Waals surface area contributed by atoms with Crippen molar-refractivity contribution in [3.8, 4) is 0 Å². The molecule has 56 valence electrons. The van der Waals surface area contributed by atoms with Crippen molar-refractivity contribution >= 4 is 22.1 Å². The van der Waals surface area contributed by atoms with Crippen molar-refractivity contribution in [1.29, 1.82) is 0 Å². The molecular weight excluding hydrogens is 150 g/mol. The summed E-state index contributed by atoms with van der Waals surface area (Å²) in [6.45, 7) is 3.82. The van der Waals surface area contributed by atoms with Crippen LogP contribution in [0.5, 0.6) is 0 Å². The molecule has 0 radical (unpaired) electrons. The SMILES string of the molecule is CC(C)[C@H]1NC(=O)SC1=O. The summed E-state index contributed by atoms with van der Waals surface area (Å²) in [6.07, 6.45) is 0. The standard InChI is InChI=1S/C6H9NO2S/c1-3(2)4-5(8)10-6(9)7-4/h3-4H,1-2H3,(H,7,9)/t4-/m1/s1. The van der Waals surface area contributed by atoms with Crippen molar-refractivity contribution in [2.75, 3.05) is 0 Å². The fourth-order valence-electron chi connectivity index (χ4n) is 0.809. The minimum Gasteiger partial charge on any atom is -0.336 e. The van der Waals surface area contributed by atoms with Crippen LogP contribution in [0.4, 0.5) is 4.79 Å². The van der Waals surface area contributed by atoms with E-state index in [-0.39, 0.29) is 22.3 Å². The van der Waals surface area contributed by atoms with Gasteiger partial charge < -0.3 is 5.32 Å². The van der Waals surface area contributed by atoms with Crippen LogP contribution in [0.1, 0.15) is 13.8 Å². The topological polar surface area (TPSA) is 46.2 Å². The number of carbonyl (C=O) groups excluding carboxylic acids is 2. The average molecular weight is 159 g/mol. The van der Waals surface area contributed by atoms with E-state index in [9.17, 15) is 9.59 Å². The minimum atomic E-state index is -0.266. The molecule has 0 aromatic carbocycles. The Kier molecular flexibility index (Phi) is 1.99. The molecule has 3 nitrogen and oxygen atoms in total. The highest BCUT2D eigenvalue weighted by Crippen LogP contribution is 2.20. The van der Waals surface area contributed by atoms with Crippen LogP contribution in [0.15, 0.2) is 0 Å². The summed E-state index contributed by atoms with van der Waals surface area (Å²) in [4.78, 5) is 21.5. The molecular formula is C6H9NO2S. The van der Waals surface area contributed by atoms with Crippen molar-refractivity contribution in [1.82, 2.24) is 5.32 Å². The quantitative estimate of drug-likeness (QED) is 0.620. The van der Waals surface area contributed by atoms with Gasteiger partial charge in [0.15, 0.2) is 0 Å². The molecule has 1 atom stereocenters. The van der Waals surface area contributed by atoms with E-state index in [0.717, 1.165) is 11.8 Å². The zero-order valence-corrected chi connectivity index (χ0v) is 6.70. The monoisotopic (exact) mass is 159 g/mol. The fourth-order valence-corrected chi connectivity index (χ4v) is 1.64. The highest BCUT2D eigenvalue weighted by atomic mass is 32.2. The lowest BCUT2D eigenvalue weighted by Crippen LogP contribution is -2.33. The second-order valence-electron chi connectivity index (χ2n) is 2.57. The molecule has 1 heterocycles. The Balaban J connectivity index is 2.63. The maximum absolute atomic E-state index is 10.9. The summed E-state index contributed by atoms with van der Waals surface area (Å²) in [5.41, 5.74) is 0. The maximum Gasteiger partial charge on any atom is 0.287 e. The first-order valence-corrected chi connectivity index (χ1v) is 3.95. The number of carbonyl (C=O) groups is 2. The number of hydrogen-bond acceptors (Lipinski definition) is 3. The van der Waals surface area contributed by atoms with Gasteiger partial charge >= 0.3 is 0 Å². The molecule has 0 bridgehead atoms. The van der Waals surface area contributed by atoms with E-state index >= 15 is 0 Å². The first kappa shape index (κ1) is 7.60. The van der Waals surface area contributed by atoms with Crippen molar-refractivity contribution in [2.24, 2.45) is 5.92 Å². The summed E-state index contributed by atoms with van der Waals surface area (Å²) in [5.74, 6) is 0.200. The molecule has 1 rings (SSSR count). The molecule has 0 saturated carbocycles. The Morgan fingerprint density at radius 3 is 2.30 bits per heavy atom. The third-order valence-corrected chi connectivity index (χ3v) is 2.15. The van der Waals surface area contributed by atoms with Crippen LogP contribution in [0.2, 0.25) is 0 Å². The largest absolute Gasteiger partial charge is 0.336 e. The van der Waals surface area contributed by atoms with Gasteiger partial charge in [0.2, 0.25) is 5.12 Å². The Morgan fingerprint density at radius 2 is 2.10 bits per heavy atom. The Hall–Kier alpha value is -0.510. The predicted octanol–water partition coefficient (Wildman–Crippen LogP) is 0.994. The Morgan fingerprint density at radius 1 is 1.50 bits per heavy atom. The van der Waals surface area contributed by atoms with Gasteiger partial charge in [0.1, 0.15) is 6.04 Å². The van der Waals surface area contributed by atoms with Crippen molar-refractivity contribution < 1.29 is 9.59 Å². The third kappa shape index (κ3) is 1.31. The molecule has 1 amide bonds. The lowest BCUT2D eigenvalue weighted by atomic mass is 10.1. The first-order chi connectivity index (χ1) is 4.61. The predicted molar refractivity (Wildman–Crippen MR) is 39.8 cm³/mol. The van der Waals surface area contributed by atoms with Gasteiger partial charge in [0.05, 0.1) is 0 Å². The van der Waals surface area contributed by atoms with E-state index in [1.165, 1.54) is 0 Å². The molecule has 0 unspecified atom stereocenters. The van der Waals surface area contributed by atoms with Crippen LogP contribution < -0.4 is 5.32 Å². The lowest BCUT2D eigenvalue weighted by molar-refractivity contribution is -0.112. The van der Waals surface area contributed by atoms with Gasteiger partial charge in [-0.1, -0.05) is 13.8 Å². The smallest absolute Gasteiger partial charge is 0.287 e. The fraction of sp³-hybridized carbons (Fsp3) is 0.667.